The van der Waals surface area contributed by atoms with Crippen molar-refractivity contribution in [3.8, 4) is 0 Å². The number of nitrogens with zero attached hydrogens (tertiary/aromatic N) is 3. The van der Waals surface area contributed by atoms with Crippen molar-refractivity contribution in [2.45, 2.75) is 64.3 Å². The molecule has 0 aromatic carbocycles. The van der Waals surface area contributed by atoms with Gasteiger partial charge in [-0.05, 0) is 6.42 Å². The lowest BCUT2D eigenvalue weighted by Crippen LogP contribution is -2.04. The lowest BCUT2D eigenvalue weighted by Gasteiger charge is -2.04. The van der Waals surface area contributed by atoms with Crippen molar-refractivity contribution in [1.82, 2.24) is 14.8 Å². The quantitative estimate of drug-likeness (QED) is 0.488. The van der Waals surface area contributed by atoms with Gasteiger partial charge in [0.25, 0.3) is 0 Å². The summed E-state index contributed by atoms with van der Waals surface area (Å²) in [5, 5.41) is 4.16. The third kappa shape index (κ3) is 4.97. The lowest BCUT2D eigenvalue weighted by molar-refractivity contribution is 0.513. The van der Waals surface area contributed by atoms with E-state index in [1.807, 2.05) is 4.68 Å². The second-order valence-electron chi connectivity index (χ2n) is 4.15. The van der Waals surface area contributed by atoms with Crippen molar-refractivity contribution in [3.63, 3.8) is 0 Å². The van der Waals surface area contributed by atoms with Gasteiger partial charge >= 0.3 is 0 Å². The number of hydrogen-bond acceptors (Lipinski definition) is 2. The summed E-state index contributed by atoms with van der Waals surface area (Å²) in [4.78, 5) is 4.09. The molecule has 1 aromatic heterocycles. The molecular formula is C12H22ClN3. The van der Waals surface area contributed by atoms with E-state index in [4.69, 9.17) is 11.6 Å². The predicted octanol–water partition coefficient (Wildman–Crippen LogP) is 3.77. The first kappa shape index (κ1) is 13.5. The van der Waals surface area contributed by atoms with Crippen LogP contribution in [0, 0.1) is 0 Å². The van der Waals surface area contributed by atoms with Crippen LogP contribution < -0.4 is 0 Å². The molecule has 0 amide bonds. The number of halogens is 1. The van der Waals surface area contributed by atoms with E-state index in [-0.39, 0.29) is 0 Å². The summed E-state index contributed by atoms with van der Waals surface area (Å²) in [6, 6.07) is 0. The van der Waals surface area contributed by atoms with Crippen LogP contribution >= 0.6 is 11.6 Å². The minimum atomic E-state index is 0.455. The smallest absolute Gasteiger partial charge is 0.141 e. The molecule has 16 heavy (non-hydrogen) atoms. The largest absolute Gasteiger partial charge is 0.249 e. The molecule has 0 saturated heterocycles. The van der Waals surface area contributed by atoms with Crippen LogP contribution in [0.3, 0.4) is 0 Å². The van der Waals surface area contributed by atoms with Crippen molar-refractivity contribution >= 4 is 11.6 Å². The summed E-state index contributed by atoms with van der Waals surface area (Å²) in [6.45, 7) is 3.20. The number of aromatic nitrogens is 3. The van der Waals surface area contributed by atoms with Gasteiger partial charge in [-0.15, -0.1) is 11.6 Å². The zero-order valence-corrected chi connectivity index (χ0v) is 10.9. The molecule has 92 valence electrons. The average Bonchev–Trinajstić information content (AvgIpc) is 2.75. The molecule has 0 fully saturated rings. The normalized spacial score (nSPS) is 10.9. The molecule has 0 atom stereocenters. The number of unbranched alkanes of at least 4 members (excludes halogenated alkanes) is 6. The van der Waals surface area contributed by atoms with E-state index in [2.05, 4.69) is 17.0 Å². The van der Waals surface area contributed by atoms with Gasteiger partial charge in [0.2, 0.25) is 0 Å². The van der Waals surface area contributed by atoms with Crippen molar-refractivity contribution in [2.24, 2.45) is 0 Å². The van der Waals surface area contributed by atoms with E-state index in [0.29, 0.717) is 5.88 Å². The lowest BCUT2D eigenvalue weighted by atomic mass is 10.1. The second kappa shape index (κ2) is 8.57. The molecule has 1 heterocycles. The highest BCUT2D eigenvalue weighted by Crippen LogP contribution is 2.08. The first-order valence-electron chi connectivity index (χ1n) is 6.31. The fraction of sp³-hybridized carbons (Fsp3) is 0.833. The Labute approximate surface area is 103 Å². The molecule has 0 N–H and O–H groups in total. The fourth-order valence-electron chi connectivity index (χ4n) is 1.80. The summed E-state index contributed by atoms with van der Waals surface area (Å²) < 4.78 is 1.92. The third-order valence-electron chi connectivity index (χ3n) is 2.79. The molecular weight excluding hydrogens is 222 g/mol. The fourth-order valence-corrected chi connectivity index (χ4v) is 2.00. The summed E-state index contributed by atoms with van der Waals surface area (Å²) in [6.07, 6.45) is 10.8. The monoisotopic (exact) mass is 243 g/mol. The van der Waals surface area contributed by atoms with Gasteiger partial charge in [0.15, 0.2) is 0 Å². The Morgan fingerprint density at radius 3 is 2.50 bits per heavy atom. The van der Waals surface area contributed by atoms with Crippen LogP contribution in [0.4, 0.5) is 0 Å². The minimum absolute atomic E-state index is 0.455. The van der Waals surface area contributed by atoms with E-state index in [0.717, 1.165) is 12.4 Å². The Kier molecular flexibility index (Phi) is 7.23. The van der Waals surface area contributed by atoms with E-state index in [1.54, 1.807) is 6.33 Å². The molecule has 0 aliphatic carbocycles. The Bertz CT molecular complexity index is 273. The second-order valence-corrected chi connectivity index (χ2v) is 4.42. The van der Waals surface area contributed by atoms with Gasteiger partial charge in [-0.3, -0.25) is 0 Å². The molecule has 0 radical (unpaired) electrons. The van der Waals surface area contributed by atoms with Crippen LogP contribution in [0.15, 0.2) is 6.33 Å². The minimum Gasteiger partial charge on any atom is -0.249 e. The Morgan fingerprint density at radius 2 is 1.81 bits per heavy atom. The van der Waals surface area contributed by atoms with Crippen LogP contribution in [0.2, 0.25) is 0 Å². The van der Waals surface area contributed by atoms with Gasteiger partial charge in [-0.1, -0.05) is 45.4 Å². The average molecular weight is 244 g/mol. The zero-order valence-electron chi connectivity index (χ0n) is 10.2. The van der Waals surface area contributed by atoms with Gasteiger partial charge in [0, 0.05) is 6.54 Å². The predicted molar refractivity (Wildman–Crippen MR) is 67.6 cm³/mol. The first-order valence-corrected chi connectivity index (χ1v) is 6.84. The van der Waals surface area contributed by atoms with Gasteiger partial charge in [0.05, 0.1) is 5.88 Å². The van der Waals surface area contributed by atoms with Crippen molar-refractivity contribution < 1.29 is 0 Å². The highest BCUT2D eigenvalue weighted by Gasteiger charge is 2.01. The van der Waals surface area contributed by atoms with E-state index < -0.39 is 0 Å². The Morgan fingerprint density at radius 1 is 1.12 bits per heavy atom. The summed E-state index contributed by atoms with van der Waals surface area (Å²) in [5.41, 5.74) is 0. The molecule has 3 nitrogen and oxygen atoms in total. The standard InChI is InChI=1S/C12H22ClN3/c1-2-3-4-5-6-7-8-9-16-12(10-13)14-11-15-16/h11H,2-10H2,1H3. The van der Waals surface area contributed by atoms with Crippen molar-refractivity contribution in [1.29, 1.82) is 0 Å². The zero-order chi connectivity index (χ0) is 11.6. The van der Waals surface area contributed by atoms with Gasteiger partial charge in [-0.2, -0.15) is 5.10 Å². The van der Waals surface area contributed by atoms with Crippen LogP contribution in [-0.2, 0) is 12.4 Å². The molecule has 4 heteroatoms. The number of rotatable bonds is 9. The Hall–Kier alpha value is -0.570. The van der Waals surface area contributed by atoms with Gasteiger partial charge < -0.3 is 0 Å². The number of aryl methyl sites for hydroxylation is 1. The molecule has 0 spiro atoms. The number of alkyl halides is 1. The van der Waals surface area contributed by atoms with Crippen molar-refractivity contribution in [3.05, 3.63) is 12.2 Å². The van der Waals surface area contributed by atoms with Crippen LogP contribution in [-0.4, -0.2) is 14.8 Å². The molecule has 0 unspecified atom stereocenters. The molecule has 0 saturated carbocycles. The van der Waals surface area contributed by atoms with Crippen LogP contribution in [0.1, 0.15) is 57.7 Å². The first-order chi connectivity index (χ1) is 7.88. The maximum absolute atomic E-state index is 5.75. The summed E-state index contributed by atoms with van der Waals surface area (Å²) in [5.74, 6) is 1.34. The SMILES string of the molecule is CCCCCCCCCn1ncnc1CCl. The maximum Gasteiger partial charge on any atom is 0.141 e. The van der Waals surface area contributed by atoms with E-state index in [1.165, 1.54) is 44.9 Å². The van der Waals surface area contributed by atoms with E-state index in [9.17, 15) is 0 Å². The molecule has 1 rings (SSSR count). The van der Waals surface area contributed by atoms with E-state index >= 15 is 0 Å². The molecule has 0 bridgehead atoms. The summed E-state index contributed by atoms with van der Waals surface area (Å²) in [7, 11) is 0. The van der Waals surface area contributed by atoms with Crippen LogP contribution in [0.5, 0.6) is 0 Å². The highest BCUT2D eigenvalue weighted by atomic mass is 35.5. The number of hydrogen-bond donors (Lipinski definition) is 0. The van der Waals surface area contributed by atoms with Gasteiger partial charge in [-0.25, -0.2) is 9.67 Å². The maximum atomic E-state index is 5.75. The molecule has 0 aliphatic heterocycles. The third-order valence-corrected chi connectivity index (χ3v) is 3.03. The topological polar surface area (TPSA) is 30.7 Å². The molecule has 1 aromatic rings. The summed E-state index contributed by atoms with van der Waals surface area (Å²) >= 11 is 5.75. The van der Waals surface area contributed by atoms with Gasteiger partial charge in [0.1, 0.15) is 12.2 Å². The molecule has 0 aliphatic rings. The van der Waals surface area contributed by atoms with Crippen molar-refractivity contribution in [2.75, 3.05) is 0 Å². The van der Waals surface area contributed by atoms with Crippen LogP contribution in [0.25, 0.3) is 0 Å². The highest BCUT2D eigenvalue weighted by molar-refractivity contribution is 6.16. The Balaban J connectivity index is 2.03.